The van der Waals surface area contributed by atoms with Crippen LogP contribution in [0, 0.1) is 0 Å². The Morgan fingerprint density at radius 3 is 2.72 bits per heavy atom. The van der Waals surface area contributed by atoms with Crippen LogP contribution in [-0.2, 0) is 6.54 Å². The minimum Gasteiger partial charge on any atom is -0.336 e. The minimum absolute atomic E-state index is 0.162. The monoisotopic (exact) mass is 373 g/mol. The van der Waals surface area contributed by atoms with Gasteiger partial charge in [0.15, 0.2) is 0 Å². The number of hydrogen-bond donors (Lipinski definition) is 0. The quantitative estimate of drug-likeness (QED) is 0.749. The molecule has 4 rings (SSSR count). The molecule has 1 aromatic heterocycles. The zero-order valence-electron chi connectivity index (χ0n) is 14.5. The topological polar surface area (TPSA) is 36.4 Å². The third-order valence-corrected chi connectivity index (χ3v) is 6.57. The number of aromatic nitrogens is 1. The van der Waals surface area contributed by atoms with Gasteiger partial charge >= 0.3 is 0 Å². The van der Waals surface area contributed by atoms with Gasteiger partial charge in [-0.2, -0.15) is 0 Å². The van der Waals surface area contributed by atoms with Crippen LogP contribution in [0.3, 0.4) is 0 Å². The molecular formula is C19H23N3OS2. The van der Waals surface area contributed by atoms with E-state index in [9.17, 15) is 4.79 Å². The van der Waals surface area contributed by atoms with Crippen molar-refractivity contribution in [3.63, 3.8) is 0 Å². The number of amides is 1. The molecule has 132 valence electrons. The van der Waals surface area contributed by atoms with Gasteiger partial charge in [0.05, 0.1) is 17.8 Å². The fourth-order valence-corrected chi connectivity index (χ4v) is 4.76. The van der Waals surface area contributed by atoms with Crippen LogP contribution in [0.2, 0.25) is 0 Å². The lowest BCUT2D eigenvalue weighted by atomic mass is 10.2. The van der Waals surface area contributed by atoms with Gasteiger partial charge in [-0.3, -0.25) is 9.69 Å². The van der Waals surface area contributed by atoms with E-state index < -0.39 is 0 Å². The summed E-state index contributed by atoms with van der Waals surface area (Å²) in [4.78, 5) is 23.1. The Balaban J connectivity index is 1.33. The Kier molecular flexibility index (Phi) is 5.10. The number of thioether (sulfide) groups is 1. The van der Waals surface area contributed by atoms with Crippen LogP contribution >= 0.6 is 23.1 Å². The van der Waals surface area contributed by atoms with E-state index in [1.807, 2.05) is 35.4 Å². The average molecular weight is 374 g/mol. The highest BCUT2D eigenvalue weighted by molar-refractivity contribution is 7.98. The summed E-state index contributed by atoms with van der Waals surface area (Å²) in [7, 11) is 0. The number of nitrogens with zero attached hydrogens (tertiary/aromatic N) is 3. The molecule has 6 heteroatoms. The Hall–Kier alpha value is -1.37. The van der Waals surface area contributed by atoms with Crippen molar-refractivity contribution >= 4 is 29.0 Å². The minimum atomic E-state index is 0.162. The first-order valence-electron chi connectivity index (χ1n) is 8.83. The number of rotatable bonds is 5. The molecule has 2 heterocycles. The fourth-order valence-electron chi connectivity index (χ4n) is 3.26. The van der Waals surface area contributed by atoms with Gasteiger partial charge in [0, 0.05) is 42.4 Å². The van der Waals surface area contributed by atoms with Gasteiger partial charge < -0.3 is 4.90 Å². The second-order valence-electron chi connectivity index (χ2n) is 6.71. The summed E-state index contributed by atoms with van der Waals surface area (Å²) in [5.74, 6) is 0.894. The number of thiazole rings is 1. The van der Waals surface area contributed by atoms with Gasteiger partial charge in [-0.1, -0.05) is 12.1 Å². The molecule has 0 N–H and O–H groups in total. The Bertz CT molecular complexity index is 749. The largest absolute Gasteiger partial charge is 0.336 e. The van der Waals surface area contributed by atoms with Crippen LogP contribution in [0.5, 0.6) is 0 Å². The first kappa shape index (κ1) is 17.1. The van der Waals surface area contributed by atoms with E-state index in [0.717, 1.165) is 49.1 Å². The molecule has 2 aromatic rings. The van der Waals surface area contributed by atoms with Crippen LogP contribution in [-0.4, -0.2) is 53.1 Å². The van der Waals surface area contributed by atoms with Crippen LogP contribution in [0.1, 0.15) is 39.8 Å². The van der Waals surface area contributed by atoms with Gasteiger partial charge in [0.25, 0.3) is 5.91 Å². The number of carbonyl (C=O) groups excluding carboxylic acids is 1. The van der Waals surface area contributed by atoms with E-state index in [1.165, 1.54) is 23.5 Å². The van der Waals surface area contributed by atoms with Crippen LogP contribution < -0.4 is 0 Å². The second kappa shape index (κ2) is 7.48. The number of benzene rings is 1. The second-order valence-corrected chi connectivity index (χ2v) is 8.50. The molecule has 25 heavy (non-hydrogen) atoms. The summed E-state index contributed by atoms with van der Waals surface area (Å²) in [6.45, 7) is 4.35. The first-order valence-corrected chi connectivity index (χ1v) is 10.9. The SMILES string of the molecule is CSc1ccccc1C(=O)N1CCN(Cc2nc(C3CC3)cs2)CC1. The maximum Gasteiger partial charge on any atom is 0.255 e. The number of piperazine rings is 1. The molecule has 1 aliphatic heterocycles. The highest BCUT2D eigenvalue weighted by Gasteiger charge is 2.27. The van der Waals surface area contributed by atoms with Crippen molar-refractivity contribution in [2.45, 2.75) is 30.2 Å². The summed E-state index contributed by atoms with van der Waals surface area (Å²) < 4.78 is 0. The number of carbonyl (C=O) groups is 1. The predicted octanol–water partition coefficient (Wildman–Crippen LogP) is 3.70. The lowest BCUT2D eigenvalue weighted by Crippen LogP contribution is -2.48. The molecule has 0 spiro atoms. The molecule has 0 bridgehead atoms. The van der Waals surface area contributed by atoms with Crippen LogP contribution in [0.15, 0.2) is 34.5 Å². The molecular weight excluding hydrogens is 350 g/mol. The summed E-state index contributed by atoms with van der Waals surface area (Å²) >= 11 is 3.42. The molecule has 2 fully saturated rings. The number of hydrogen-bond acceptors (Lipinski definition) is 5. The average Bonchev–Trinajstić information content (AvgIpc) is 3.41. The lowest BCUT2D eigenvalue weighted by Gasteiger charge is -2.34. The van der Waals surface area contributed by atoms with Crippen molar-refractivity contribution in [3.05, 3.63) is 45.9 Å². The van der Waals surface area contributed by atoms with E-state index >= 15 is 0 Å². The van der Waals surface area contributed by atoms with Gasteiger partial charge in [-0.05, 0) is 31.2 Å². The zero-order valence-corrected chi connectivity index (χ0v) is 16.1. The molecule has 0 radical (unpaired) electrons. The molecule has 0 atom stereocenters. The van der Waals surface area contributed by atoms with E-state index in [4.69, 9.17) is 4.98 Å². The third kappa shape index (κ3) is 3.91. The van der Waals surface area contributed by atoms with E-state index in [-0.39, 0.29) is 5.91 Å². The lowest BCUT2D eigenvalue weighted by molar-refractivity contribution is 0.0625. The Morgan fingerprint density at radius 1 is 1.24 bits per heavy atom. The fraction of sp³-hybridized carbons (Fsp3) is 0.474. The molecule has 1 aromatic carbocycles. The molecule has 1 saturated heterocycles. The van der Waals surface area contributed by atoms with Crippen molar-refractivity contribution in [1.82, 2.24) is 14.8 Å². The van der Waals surface area contributed by atoms with Crippen LogP contribution in [0.25, 0.3) is 0 Å². The molecule has 2 aliphatic rings. The van der Waals surface area contributed by atoms with Crippen molar-refractivity contribution in [3.8, 4) is 0 Å². The normalized spacial score (nSPS) is 18.5. The smallest absolute Gasteiger partial charge is 0.255 e. The third-order valence-electron chi connectivity index (χ3n) is 4.92. The summed E-state index contributed by atoms with van der Waals surface area (Å²) in [6.07, 6.45) is 4.64. The predicted molar refractivity (Wildman–Crippen MR) is 103 cm³/mol. The van der Waals surface area contributed by atoms with Crippen molar-refractivity contribution in [1.29, 1.82) is 0 Å². The molecule has 1 saturated carbocycles. The Morgan fingerprint density at radius 2 is 2.00 bits per heavy atom. The van der Waals surface area contributed by atoms with Gasteiger partial charge in [0.1, 0.15) is 5.01 Å². The highest BCUT2D eigenvalue weighted by atomic mass is 32.2. The van der Waals surface area contributed by atoms with Gasteiger partial charge in [-0.15, -0.1) is 23.1 Å². The van der Waals surface area contributed by atoms with Crippen molar-refractivity contribution in [2.24, 2.45) is 0 Å². The summed E-state index contributed by atoms with van der Waals surface area (Å²) in [6, 6.07) is 7.90. The summed E-state index contributed by atoms with van der Waals surface area (Å²) in [5, 5.41) is 3.45. The molecule has 1 aliphatic carbocycles. The first-order chi connectivity index (χ1) is 12.2. The van der Waals surface area contributed by atoms with Crippen LogP contribution in [0.4, 0.5) is 0 Å². The van der Waals surface area contributed by atoms with Gasteiger partial charge in [0.2, 0.25) is 0 Å². The van der Waals surface area contributed by atoms with E-state index in [0.29, 0.717) is 0 Å². The maximum atomic E-state index is 12.8. The Labute approximate surface area is 157 Å². The zero-order chi connectivity index (χ0) is 17.2. The highest BCUT2D eigenvalue weighted by Crippen LogP contribution is 2.40. The standard InChI is InChI=1S/C19H23N3OS2/c1-24-17-5-3-2-4-15(17)19(23)22-10-8-21(9-11-22)12-18-20-16(13-25-18)14-6-7-14/h2-5,13-14H,6-12H2,1H3. The molecule has 4 nitrogen and oxygen atoms in total. The van der Waals surface area contributed by atoms with Crippen molar-refractivity contribution < 1.29 is 4.79 Å². The van der Waals surface area contributed by atoms with Gasteiger partial charge in [-0.25, -0.2) is 4.98 Å². The van der Waals surface area contributed by atoms with E-state index in [1.54, 1.807) is 23.1 Å². The van der Waals surface area contributed by atoms with E-state index in [2.05, 4.69) is 10.3 Å². The molecule has 1 amide bonds. The summed E-state index contributed by atoms with van der Waals surface area (Å²) in [5.41, 5.74) is 2.12. The maximum absolute atomic E-state index is 12.8. The molecule has 0 unspecified atom stereocenters. The van der Waals surface area contributed by atoms with Crippen molar-refractivity contribution in [2.75, 3.05) is 32.4 Å².